The van der Waals surface area contributed by atoms with Crippen LogP contribution in [0.3, 0.4) is 0 Å². The highest BCUT2D eigenvalue weighted by atomic mass is 35.5. The van der Waals surface area contributed by atoms with Gasteiger partial charge in [0.1, 0.15) is 5.82 Å². The van der Waals surface area contributed by atoms with E-state index in [0.29, 0.717) is 17.0 Å². The summed E-state index contributed by atoms with van der Waals surface area (Å²) in [6.07, 6.45) is 4.13. The number of Topliss-reactive ketones (excluding diaryl/α,β-unsaturated/α-hetero) is 1. The second-order valence-electron chi connectivity index (χ2n) is 5.63. The molecule has 0 aromatic heterocycles. The molecule has 0 saturated carbocycles. The summed E-state index contributed by atoms with van der Waals surface area (Å²) in [5.41, 5.74) is -0.306. The van der Waals surface area contributed by atoms with Gasteiger partial charge in [0.25, 0.3) is 0 Å². The summed E-state index contributed by atoms with van der Waals surface area (Å²) in [5, 5.41) is 0.327. The molecule has 1 aromatic rings. The Labute approximate surface area is 124 Å². The van der Waals surface area contributed by atoms with E-state index in [2.05, 4.69) is 4.90 Å². The fraction of sp³-hybridized carbons (Fsp3) is 0.562. The van der Waals surface area contributed by atoms with E-state index in [1.807, 2.05) is 13.8 Å². The van der Waals surface area contributed by atoms with Gasteiger partial charge in [-0.25, -0.2) is 4.39 Å². The minimum Gasteiger partial charge on any atom is -0.292 e. The van der Waals surface area contributed by atoms with E-state index in [9.17, 15) is 9.18 Å². The molecule has 1 heterocycles. The first-order valence-corrected chi connectivity index (χ1v) is 7.61. The van der Waals surface area contributed by atoms with Gasteiger partial charge >= 0.3 is 0 Å². The van der Waals surface area contributed by atoms with Crippen molar-refractivity contribution in [3.05, 3.63) is 34.6 Å². The standard InChI is InChI=1S/C16H21ClFNO/c1-3-16(2,19-9-5-4-6-10-19)15(20)13-11-12(18)7-8-14(13)17/h7-8,11H,3-6,9-10H2,1-2H3. The van der Waals surface area contributed by atoms with Crippen molar-refractivity contribution >= 4 is 17.4 Å². The van der Waals surface area contributed by atoms with E-state index in [1.54, 1.807) is 0 Å². The van der Waals surface area contributed by atoms with Crippen molar-refractivity contribution in [3.63, 3.8) is 0 Å². The number of rotatable bonds is 4. The second-order valence-corrected chi connectivity index (χ2v) is 6.04. The lowest BCUT2D eigenvalue weighted by atomic mass is 9.85. The Kier molecular flexibility index (Phi) is 4.82. The van der Waals surface area contributed by atoms with Crippen molar-refractivity contribution in [1.29, 1.82) is 0 Å². The number of piperidine rings is 1. The van der Waals surface area contributed by atoms with Crippen LogP contribution in [-0.4, -0.2) is 29.3 Å². The maximum atomic E-state index is 13.4. The van der Waals surface area contributed by atoms with Gasteiger partial charge < -0.3 is 0 Å². The molecule has 110 valence electrons. The third-order valence-electron chi connectivity index (χ3n) is 4.40. The Bertz CT molecular complexity index is 499. The Balaban J connectivity index is 2.34. The van der Waals surface area contributed by atoms with Crippen LogP contribution in [0.1, 0.15) is 49.9 Å². The minimum atomic E-state index is -0.599. The first-order chi connectivity index (χ1) is 9.49. The molecule has 0 radical (unpaired) electrons. The lowest BCUT2D eigenvalue weighted by Gasteiger charge is -2.42. The van der Waals surface area contributed by atoms with E-state index < -0.39 is 11.4 Å². The number of carbonyl (C=O) groups excluding carboxylic acids is 1. The number of nitrogens with zero attached hydrogens (tertiary/aromatic N) is 1. The zero-order valence-electron chi connectivity index (χ0n) is 12.1. The minimum absolute atomic E-state index is 0.0774. The van der Waals surface area contributed by atoms with Crippen LogP contribution in [0.4, 0.5) is 4.39 Å². The predicted molar refractivity (Wildman–Crippen MR) is 79.9 cm³/mol. The van der Waals surface area contributed by atoms with Crippen LogP contribution < -0.4 is 0 Å². The van der Waals surface area contributed by atoms with Gasteiger partial charge in [-0.15, -0.1) is 0 Å². The maximum absolute atomic E-state index is 13.4. The molecule has 0 spiro atoms. The highest BCUT2D eigenvalue weighted by Crippen LogP contribution is 2.30. The monoisotopic (exact) mass is 297 g/mol. The van der Waals surface area contributed by atoms with E-state index in [-0.39, 0.29) is 5.78 Å². The lowest BCUT2D eigenvalue weighted by Crippen LogP contribution is -2.54. The van der Waals surface area contributed by atoms with Crippen LogP contribution in [-0.2, 0) is 0 Å². The van der Waals surface area contributed by atoms with Crippen LogP contribution in [0.2, 0.25) is 5.02 Å². The molecule has 4 heteroatoms. The van der Waals surface area contributed by atoms with Gasteiger partial charge in [0, 0.05) is 5.56 Å². The summed E-state index contributed by atoms with van der Waals surface area (Å²) in [6.45, 7) is 5.79. The molecule has 0 amide bonds. The number of ketones is 1. The Morgan fingerprint density at radius 1 is 1.35 bits per heavy atom. The average molecular weight is 298 g/mol. The van der Waals surface area contributed by atoms with Crippen molar-refractivity contribution in [2.45, 2.75) is 45.1 Å². The van der Waals surface area contributed by atoms with Crippen molar-refractivity contribution < 1.29 is 9.18 Å². The number of carbonyl (C=O) groups is 1. The van der Waals surface area contributed by atoms with E-state index >= 15 is 0 Å². The molecule has 1 aliphatic rings. The van der Waals surface area contributed by atoms with Gasteiger partial charge in [0.2, 0.25) is 0 Å². The third kappa shape index (κ3) is 2.89. The van der Waals surface area contributed by atoms with Crippen LogP contribution in [0.5, 0.6) is 0 Å². The summed E-state index contributed by atoms with van der Waals surface area (Å²) in [4.78, 5) is 15.1. The van der Waals surface area contributed by atoms with Crippen molar-refractivity contribution in [2.24, 2.45) is 0 Å². The molecule has 2 nitrogen and oxygen atoms in total. The summed E-state index contributed by atoms with van der Waals surface area (Å²) in [6, 6.07) is 3.99. The van der Waals surface area contributed by atoms with Crippen LogP contribution in [0.15, 0.2) is 18.2 Å². The molecule has 1 aliphatic heterocycles. The summed E-state index contributed by atoms with van der Waals surface area (Å²) >= 11 is 6.09. The number of hydrogen-bond donors (Lipinski definition) is 0. The van der Waals surface area contributed by atoms with E-state index in [1.165, 1.54) is 24.6 Å². The van der Waals surface area contributed by atoms with Gasteiger partial charge in [-0.2, -0.15) is 0 Å². The van der Waals surface area contributed by atoms with Gasteiger partial charge in [-0.05, 0) is 57.5 Å². The van der Waals surface area contributed by atoms with Crippen LogP contribution >= 0.6 is 11.6 Å². The molecule has 2 rings (SSSR count). The fourth-order valence-electron chi connectivity index (χ4n) is 2.88. The highest BCUT2D eigenvalue weighted by molar-refractivity contribution is 6.34. The van der Waals surface area contributed by atoms with Crippen molar-refractivity contribution in [1.82, 2.24) is 4.90 Å². The normalized spacial score (nSPS) is 19.6. The molecule has 1 fully saturated rings. The maximum Gasteiger partial charge on any atom is 0.184 e. The van der Waals surface area contributed by atoms with Gasteiger partial charge in [-0.3, -0.25) is 9.69 Å². The van der Waals surface area contributed by atoms with E-state index in [4.69, 9.17) is 11.6 Å². The Morgan fingerprint density at radius 3 is 2.60 bits per heavy atom. The number of hydrogen-bond acceptors (Lipinski definition) is 2. The van der Waals surface area contributed by atoms with Crippen molar-refractivity contribution in [3.8, 4) is 0 Å². The average Bonchev–Trinajstić information content (AvgIpc) is 2.49. The third-order valence-corrected chi connectivity index (χ3v) is 4.73. The fourth-order valence-corrected chi connectivity index (χ4v) is 3.08. The Morgan fingerprint density at radius 2 is 2.00 bits per heavy atom. The zero-order valence-corrected chi connectivity index (χ0v) is 12.8. The molecule has 1 unspecified atom stereocenters. The quantitative estimate of drug-likeness (QED) is 0.772. The van der Waals surface area contributed by atoms with Gasteiger partial charge in [0.15, 0.2) is 5.78 Å². The lowest BCUT2D eigenvalue weighted by molar-refractivity contribution is 0.0505. The first-order valence-electron chi connectivity index (χ1n) is 7.24. The number of benzene rings is 1. The predicted octanol–water partition coefficient (Wildman–Crippen LogP) is 4.32. The number of halogens is 2. The number of likely N-dealkylation sites (tertiary alicyclic amines) is 1. The molecule has 1 aromatic carbocycles. The molecular weight excluding hydrogens is 277 g/mol. The Hall–Kier alpha value is -0.930. The molecule has 1 saturated heterocycles. The highest BCUT2D eigenvalue weighted by Gasteiger charge is 2.39. The zero-order chi connectivity index (χ0) is 14.8. The van der Waals surface area contributed by atoms with Gasteiger partial charge in [-0.1, -0.05) is 24.9 Å². The molecule has 20 heavy (non-hydrogen) atoms. The largest absolute Gasteiger partial charge is 0.292 e. The molecule has 1 atom stereocenters. The molecule has 0 bridgehead atoms. The van der Waals surface area contributed by atoms with Crippen LogP contribution in [0, 0.1) is 5.82 Å². The first kappa shape index (κ1) is 15.5. The van der Waals surface area contributed by atoms with Gasteiger partial charge in [0.05, 0.1) is 10.6 Å². The smallest absolute Gasteiger partial charge is 0.184 e. The SMILES string of the molecule is CCC(C)(C(=O)c1cc(F)ccc1Cl)N1CCCCC1. The topological polar surface area (TPSA) is 20.3 Å². The molecule has 0 aliphatic carbocycles. The molecular formula is C16H21ClFNO. The summed E-state index contributed by atoms with van der Waals surface area (Å²) < 4.78 is 13.4. The van der Waals surface area contributed by atoms with Crippen LogP contribution in [0.25, 0.3) is 0 Å². The molecule has 0 N–H and O–H groups in total. The summed E-state index contributed by atoms with van der Waals surface area (Å²) in [7, 11) is 0. The second kappa shape index (κ2) is 6.23. The van der Waals surface area contributed by atoms with Crippen molar-refractivity contribution in [2.75, 3.05) is 13.1 Å². The van der Waals surface area contributed by atoms with E-state index in [0.717, 1.165) is 25.9 Å². The summed E-state index contributed by atoms with van der Waals surface area (Å²) in [5.74, 6) is -0.499.